The first-order valence-electron chi connectivity index (χ1n) is 11.8. The third-order valence-corrected chi connectivity index (χ3v) is 5.61. The van der Waals surface area contributed by atoms with Gasteiger partial charge in [-0.3, -0.25) is 0 Å². The third kappa shape index (κ3) is 8.75. The smallest absolute Gasteiger partial charge is 0.121 e. The summed E-state index contributed by atoms with van der Waals surface area (Å²) in [5.74, 6) is 0.983. The van der Waals surface area contributed by atoms with Crippen LogP contribution in [0, 0.1) is 13.8 Å². The van der Waals surface area contributed by atoms with Crippen molar-refractivity contribution in [2.24, 2.45) is 0 Å². The summed E-state index contributed by atoms with van der Waals surface area (Å²) in [4.78, 5) is 0. The SMILES string of the molecule is Cc1cc([C@H](O)CC=C=C(COc2ccccc2)C[C@@H](O)COCc2ccccc2)cc(C)c1O. The zero-order valence-corrected chi connectivity index (χ0v) is 20.4. The van der Waals surface area contributed by atoms with E-state index in [1.807, 2.05) is 74.5 Å². The number of para-hydroxylation sites is 1. The van der Waals surface area contributed by atoms with Crippen molar-refractivity contribution < 1.29 is 24.8 Å². The van der Waals surface area contributed by atoms with Gasteiger partial charge >= 0.3 is 0 Å². The average Bonchev–Trinajstić information content (AvgIpc) is 2.86. The molecule has 0 fully saturated rings. The highest BCUT2D eigenvalue weighted by Gasteiger charge is 2.12. The molecule has 0 radical (unpaired) electrons. The van der Waals surface area contributed by atoms with E-state index in [0.717, 1.165) is 33.6 Å². The molecule has 5 heteroatoms. The molecule has 2 atom stereocenters. The lowest BCUT2D eigenvalue weighted by Gasteiger charge is -2.14. The molecule has 0 bridgehead atoms. The van der Waals surface area contributed by atoms with Crippen molar-refractivity contribution in [3.05, 3.63) is 112 Å². The van der Waals surface area contributed by atoms with E-state index in [4.69, 9.17) is 9.47 Å². The summed E-state index contributed by atoms with van der Waals surface area (Å²) in [6.45, 7) is 4.53. The van der Waals surface area contributed by atoms with E-state index in [-0.39, 0.29) is 19.0 Å². The van der Waals surface area contributed by atoms with Gasteiger partial charge in [-0.1, -0.05) is 48.5 Å². The quantitative estimate of drug-likeness (QED) is 0.300. The third-order valence-electron chi connectivity index (χ3n) is 5.61. The van der Waals surface area contributed by atoms with Crippen LogP contribution in [0.3, 0.4) is 0 Å². The van der Waals surface area contributed by atoms with E-state index in [2.05, 4.69) is 5.73 Å². The summed E-state index contributed by atoms with van der Waals surface area (Å²) >= 11 is 0. The predicted molar refractivity (Wildman–Crippen MR) is 137 cm³/mol. The van der Waals surface area contributed by atoms with Crippen LogP contribution in [0.15, 0.2) is 90.2 Å². The molecule has 0 heterocycles. The molecule has 0 unspecified atom stereocenters. The van der Waals surface area contributed by atoms with Crippen molar-refractivity contribution in [2.75, 3.05) is 13.2 Å². The Morgan fingerprint density at radius 3 is 2.23 bits per heavy atom. The number of phenolic OH excluding ortho intramolecular Hbond substituents is 1. The van der Waals surface area contributed by atoms with Crippen LogP contribution >= 0.6 is 0 Å². The predicted octanol–water partition coefficient (Wildman–Crippen LogP) is 5.56. The van der Waals surface area contributed by atoms with Gasteiger partial charge in [0.05, 0.1) is 25.4 Å². The summed E-state index contributed by atoms with van der Waals surface area (Å²) in [5.41, 5.74) is 7.24. The maximum Gasteiger partial charge on any atom is 0.121 e. The van der Waals surface area contributed by atoms with Gasteiger partial charge in [0.15, 0.2) is 0 Å². The Kier molecular flexibility index (Phi) is 10.1. The van der Waals surface area contributed by atoms with Crippen LogP contribution in [-0.2, 0) is 11.3 Å². The standard InChI is InChI=1S/C30H34O5/c1-22-16-26(17-23(2)30(22)33)29(32)15-9-12-25(20-35-28-13-7-4-8-14-28)18-27(31)21-34-19-24-10-5-3-6-11-24/h3-11,13-14,16-17,27,29,31-33H,15,18-21H2,1-2H3/t12?,27-,29-/m1/s1. The zero-order valence-electron chi connectivity index (χ0n) is 20.4. The number of aryl methyl sites for hydroxylation is 2. The average molecular weight is 475 g/mol. The van der Waals surface area contributed by atoms with E-state index in [0.29, 0.717) is 19.4 Å². The van der Waals surface area contributed by atoms with Crippen molar-refractivity contribution in [1.29, 1.82) is 0 Å². The van der Waals surface area contributed by atoms with E-state index < -0.39 is 12.2 Å². The van der Waals surface area contributed by atoms with Crippen molar-refractivity contribution in [3.8, 4) is 11.5 Å². The second kappa shape index (κ2) is 13.5. The van der Waals surface area contributed by atoms with Gasteiger partial charge in [0.25, 0.3) is 0 Å². The van der Waals surface area contributed by atoms with Gasteiger partial charge in [0, 0.05) is 18.4 Å². The molecule has 0 spiro atoms. The van der Waals surface area contributed by atoms with Gasteiger partial charge in [-0.05, 0) is 66.4 Å². The normalized spacial score (nSPS) is 12.5. The molecule has 0 saturated carbocycles. The van der Waals surface area contributed by atoms with Gasteiger partial charge in [0.1, 0.15) is 18.1 Å². The van der Waals surface area contributed by atoms with Gasteiger partial charge < -0.3 is 24.8 Å². The minimum absolute atomic E-state index is 0.195. The van der Waals surface area contributed by atoms with Crippen LogP contribution in [0.1, 0.15) is 41.2 Å². The number of ether oxygens (including phenoxy) is 2. The molecule has 0 aliphatic heterocycles. The fraction of sp³-hybridized carbons (Fsp3) is 0.300. The molecular formula is C30H34O5. The molecule has 0 aliphatic rings. The van der Waals surface area contributed by atoms with Crippen molar-refractivity contribution >= 4 is 0 Å². The second-order valence-corrected chi connectivity index (χ2v) is 8.67. The number of phenols is 1. The number of benzene rings is 3. The lowest BCUT2D eigenvalue weighted by Crippen LogP contribution is -2.18. The van der Waals surface area contributed by atoms with E-state index in [1.165, 1.54) is 0 Å². The van der Waals surface area contributed by atoms with Crippen LogP contribution in [-0.4, -0.2) is 34.6 Å². The van der Waals surface area contributed by atoms with Crippen molar-refractivity contribution in [1.82, 2.24) is 0 Å². The molecule has 3 N–H and O–H groups in total. The number of hydrogen-bond acceptors (Lipinski definition) is 5. The highest BCUT2D eigenvalue weighted by atomic mass is 16.5. The topological polar surface area (TPSA) is 79.2 Å². The molecule has 0 aromatic heterocycles. The van der Waals surface area contributed by atoms with Gasteiger partial charge in [0.2, 0.25) is 0 Å². The Labute approximate surface area is 207 Å². The summed E-state index contributed by atoms with van der Waals surface area (Å²) in [6.07, 6.45) is 1.02. The molecule has 3 aromatic rings. The Morgan fingerprint density at radius 1 is 0.943 bits per heavy atom. The van der Waals surface area contributed by atoms with Gasteiger partial charge in [-0.2, -0.15) is 0 Å². The van der Waals surface area contributed by atoms with E-state index in [1.54, 1.807) is 18.2 Å². The first-order chi connectivity index (χ1) is 16.9. The highest BCUT2D eigenvalue weighted by molar-refractivity contribution is 5.42. The first kappa shape index (κ1) is 26.3. The Morgan fingerprint density at radius 2 is 1.57 bits per heavy atom. The monoisotopic (exact) mass is 474 g/mol. The highest BCUT2D eigenvalue weighted by Crippen LogP contribution is 2.27. The Bertz CT molecular complexity index is 1090. The van der Waals surface area contributed by atoms with Crippen molar-refractivity contribution in [2.45, 2.75) is 45.5 Å². The number of rotatable bonds is 12. The largest absolute Gasteiger partial charge is 0.507 e. The number of aromatic hydroxyl groups is 1. The molecule has 0 saturated heterocycles. The summed E-state index contributed by atoms with van der Waals surface area (Å²) < 4.78 is 11.5. The molecule has 184 valence electrons. The molecule has 5 nitrogen and oxygen atoms in total. The van der Waals surface area contributed by atoms with E-state index >= 15 is 0 Å². The van der Waals surface area contributed by atoms with Crippen LogP contribution in [0.25, 0.3) is 0 Å². The fourth-order valence-corrected chi connectivity index (χ4v) is 3.71. The van der Waals surface area contributed by atoms with Gasteiger partial charge in [-0.25, -0.2) is 0 Å². The van der Waals surface area contributed by atoms with Crippen molar-refractivity contribution in [3.63, 3.8) is 0 Å². The molecule has 35 heavy (non-hydrogen) atoms. The lowest BCUT2D eigenvalue weighted by molar-refractivity contribution is 0.0280. The minimum atomic E-state index is -0.726. The molecule has 3 aromatic carbocycles. The number of aliphatic hydroxyl groups is 2. The van der Waals surface area contributed by atoms with Crippen LogP contribution < -0.4 is 4.74 Å². The maximum atomic E-state index is 10.6. The maximum absolute atomic E-state index is 10.6. The van der Waals surface area contributed by atoms with Crippen LogP contribution in [0.5, 0.6) is 11.5 Å². The molecule has 0 aliphatic carbocycles. The molecule has 0 amide bonds. The fourth-order valence-electron chi connectivity index (χ4n) is 3.71. The summed E-state index contributed by atoms with van der Waals surface area (Å²) in [5, 5.41) is 31.1. The summed E-state index contributed by atoms with van der Waals surface area (Å²) in [6, 6.07) is 22.9. The minimum Gasteiger partial charge on any atom is -0.507 e. The lowest BCUT2D eigenvalue weighted by atomic mass is 10.00. The number of aliphatic hydroxyl groups excluding tert-OH is 2. The summed E-state index contributed by atoms with van der Waals surface area (Å²) in [7, 11) is 0. The second-order valence-electron chi connectivity index (χ2n) is 8.67. The van der Waals surface area contributed by atoms with Crippen LogP contribution in [0.2, 0.25) is 0 Å². The van der Waals surface area contributed by atoms with Crippen LogP contribution in [0.4, 0.5) is 0 Å². The Hall–Kier alpha value is -3.34. The van der Waals surface area contributed by atoms with E-state index in [9.17, 15) is 15.3 Å². The molecule has 3 rings (SSSR count). The number of hydrogen-bond donors (Lipinski definition) is 3. The zero-order chi connectivity index (χ0) is 25.0. The van der Waals surface area contributed by atoms with Gasteiger partial charge in [-0.15, -0.1) is 5.73 Å². The first-order valence-corrected chi connectivity index (χ1v) is 11.8. The Balaban J connectivity index is 1.63. The molecular weight excluding hydrogens is 440 g/mol.